The van der Waals surface area contributed by atoms with Gasteiger partial charge in [0.05, 0.1) is 6.54 Å². The van der Waals surface area contributed by atoms with Crippen LogP contribution in [-0.4, -0.2) is 39.5 Å². The second kappa shape index (κ2) is 6.47. The Morgan fingerprint density at radius 1 is 1.46 bits per heavy atom. The second-order valence-electron chi connectivity index (χ2n) is 6.19. The van der Waals surface area contributed by atoms with Crippen LogP contribution in [-0.2, 0) is 20.8 Å². The van der Waals surface area contributed by atoms with E-state index in [1.165, 1.54) is 11.3 Å². The summed E-state index contributed by atoms with van der Waals surface area (Å²) in [7, 11) is 0. The van der Waals surface area contributed by atoms with E-state index in [4.69, 9.17) is 9.57 Å². The summed E-state index contributed by atoms with van der Waals surface area (Å²) in [5, 5.41) is 2.26. The summed E-state index contributed by atoms with van der Waals surface area (Å²) < 4.78 is 42.0. The van der Waals surface area contributed by atoms with Crippen LogP contribution in [0.2, 0.25) is 0 Å². The van der Waals surface area contributed by atoms with Gasteiger partial charge in [0.15, 0.2) is 0 Å². The van der Waals surface area contributed by atoms with Crippen LogP contribution >= 0.6 is 23.1 Å². The number of carbonyl (C=O) groups is 2. The fourth-order valence-electron chi connectivity index (χ4n) is 2.08. The number of amides is 1. The monoisotopic (exact) mass is 383 g/mol. The Bertz CT molecular complexity index is 613. The molecule has 1 aliphatic rings. The molecular formula is C14H16F3NO4S2. The zero-order valence-corrected chi connectivity index (χ0v) is 14.8. The first kappa shape index (κ1) is 18.9. The van der Waals surface area contributed by atoms with Crippen LogP contribution in [0.1, 0.15) is 25.6 Å². The molecule has 1 fully saturated rings. The van der Waals surface area contributed by atoms with Crippen molar-refractivity contribution in [1.29, 1.82) is 0 Å². The van der Waals surface area contributed by atoms with Gasteiger partial charge in [0.2, 0.25) is 0 Å². The van der Waals surface area contributed by atoms with Gasteiger partial charge in [-0.15, -0.1) is 16.4 Å². The summed E-state index contributed by atoms with van der Waals surface area (Å²) in [5.41, 5.74) is -5.51. The van der Waals surface area contributed by atoms with Gasteiger partial charge in [-0.05, 0) is 44.0 Å². The Morgan fingerprint density at radius 3 is 2.62 bits per heavy atom. The molecule has 2 heterocycles. The van der Waals surface area contributed by atoms with Crippen LogP contribution in [0, 0.1) is 0 Å². The molecule has 24 heavy (non-hydrogen) atoms. The molecule has 1 aromatic heterocycles. The molecule has 1 saturated heterocycles. The Morgan fingerprint density at radius 2 is 2.12 bits per heavy atom. The quantitative estimate of drug-likeness (QED) is 0.790. The fraction of sp³-hybridized carbons (Fsp3) is 0.571. The summed E-state index contributed by atoms with van der Waals surface area (Å²) in [6, 6.07) is 3.31. The van der Waals surface area contributed by atoms with Gasteiger partial charge < -0.3 is 9.57 Å². The molecule has 0 spiro atoms. The van der Waals surface area contributed by atoms with Gasteiger partial charge in [0.1, 0.15) is 10.3 Å². The minimum absolute atomic E-state index is 0.188. The average Bonchev–Trinajstić information content (AvgIpc) is 2.95. The molecule has 1 aromatic rings. The molecule has 0 saturated carbocycles. The maximum absolute atomic E-state index is 13.0. The number of alkyl halides is 3. The van der Waals surface area contributed by atoms with Gasteiger partial charge in [-0.25, -0.2) is 9.59 Å². The van der Waals surface area contributed by atoms with Gasteiger partial charge in [0.25, 0.3) is 0 Å². The third-order valence-electron chi connectivity index (χ3n) is 2.91. The van der Waals surface area contributed by atoms with Crippen molar-refractivity contribution in [2.75, 3.05) is 6.54 Å². The summed E-state index contributed by atoms with van der Waals surface area (Å²) in [6.45, 7) is 4.27. The molecule has 0 aromatic carbocycles. The lowest BCUT2D eigenvalue weighted by atomic mass is 10.0. The zero-order valence-electron chi connectivity index (χ0n) is 13.2. The molecule has 10 heteroatoms. The molecule has 134 valence electrons. The summed E-state index contributed by atoms with van der Waals surface area (Å²) in [5.74, 6) is -1.11. The average molecular weight is 383 g/mol. The number of nitrogens with zero attached hydrogens (tertiary/aromatic N) is 1. The number of thiophene rings is 1. The predicted molar refractivity (Wildman–Crippen MR) is 83.4 cm³/mol. The molecule has 0 radical (unpaired) electrons. The third-order valence-corrected chi connectivity index (χ3v) is 4.85. The number of ether oxygens (including phenoxy) is 1. The molecule has 0 N–H and O–H groups in total. The van der Waals surface area contributed by atoms with Crippen LogP contribution < -0.4 is 0 Å². The highest BCUT2D eigenvalue weighted by Crippen LogP contribution is 2.46. The van der Waals surface area contributed by atoms with Crippen molar-refractivity contribution < 1.29 is 32.3 Å². The van der Waals surface area contributed by atoms with Gasteiger partial charge >= 0.3 is 17.6 Å². The minimum atomic E-state index is -4.65. The largest absolute Gasteiger partial charge is 0.443 e. The number of hydrogen-bond donors (Lipinski definition) is 0. The van der Waals surface area contributed by atoms with Gasteiger partial charge in [-0.2, -0.15) is 13.2 Å². The molecule has 2 rings (SSSR count). The van der Waals surface area contributed by atoms with Crippen LogP contribution in [0.5, 0.6) is 0 Å². The van der Waals surface area contributed by atoms with Crippen LogP contribution in [0.3, 0.4) is 0 Å². The Kier molecular flexibility index (Phi) is 5.10. The molecule has 0 unspecified atom stereocenters. The van der Waals surface area contributed by atoms with Crippen molar-refractivity contribution >= 4 is 35.2 Å². The zero-order chi connectivity index (χ0) is 18.2. The van der Waals surface area contributed by atoms with E-state index in [0.717, 1.165) is 0 Å². The van der Waals surface area contributed by atoms with Crippen LogP contribution in [0.4, 0.5) is 18.0 Å². The highest BCUT2D eigenvalue weighted by Gasteiger charge is 2.57. The van der Waals surface area contributed by atoms with E-state index in [-0.39, 0.29) is 6.42 Å². The molecule has 1 atom stereocenters. The first-order chi connectivity index (χ1) is 10.9. The smallest absolute Gasteiger partial charge is 0.442 e. The SMILES string of the molecule is CC(C)(C)OC(=O)N1C[C@](Cc2cccs2)(SC(F)(F)F)C(=O)O1. The number of hydroxylamine groups is 2. The Hall–Kier alpha value is -1.42. The number of carbonyl (C=O) groups excluding carboxylic acids is 2. The van der Waals surface area contributed by atoms with Crippen molar-refractivity contribution in [2.45, 2.75) is 43.0 Å². The van der Waals surface area contributed by atoms with E-state index in [1.54, 1.807) is 38.3 Å². The Labute approximate surface area is 145 Å². The van der Waals surface area contributed by atoms with E-state index < -0.39 is 46.2 Å². The van der Waals surface area contributed by atoms with Crippen molar-refractivity contribution in [2.24, 2.45) is 0 Å². The minimum Gasteiger partial charge on any atom is -0.442 e. The maximum atomic E-state index is 13.0. The number of thioether (sulfide) groups is 1. The number of hydrogen-bond acceptors (Lipinski definition) is 6. The third kappa shape index (κ3) is 4.79. The van der Waals surface area contributed by atoms with E-state index in [2.05, 4.69) is 0 Å². The highest BCUT2D eigenvalue weighted by molar-refractivity contribution is 8.02. The van der Waals surface area contributed by atoms with Crippen molar-refractivity contribution in [3.63, 3.8) is 0 Å². The lowest BCUT2D eigenvalue weighted by Gasteiger charge is -2.25. The molecule has 0 bridgehead atoms. The van der Waals surface area contributed by atoms with E-state index in [0.29, 0.717) is 9.94 Å². The molecular weight excluding hydrogens is 367 g/mol. The fourth-order valence-corrected chi connectivity index (χ4v) is 3.96. The highest BCUT2D eigenvalue weighted by atomic mass is 32.2. The number of halogens is 3. The van der Waals surface area contributed by atoms with Crippen LogP contribution in [0.15, 0.2) is 17.5 Å². The lowest BCUT2D eigenvalue weighted by Crippen LogP contribution is -2.41. The lowest BCUT2D eigenvalue weighted by molar-refractivity contribution is -0.166. The van der Waals surface area contributed by atoms with Gasteiger partial charge in [0, 0.05) is 11.3 Å². The van der Waals surface area contributed by atoms with E-state index in [1.807, 2.05) is 0 Å². The van der Waals surface area contributed by atoms with E-state index >= 15 is 0 Å². The normalized spacial score (nSPS) is 21.8. The van der Waals surface area contributed by atoms with Crippen molar-refractivity contribution in [1.82, 2.24) is 5.06 Å². The van der Waals surface area contributed by atoms with Gasteiger partial charge in [-0.1, -0.05) is 6.07 Å². The second-order valence-corrected chi connectivity index (χ2v) is 8.67. The maximum Gasteiger partial charge on any atom is 0.443 e. The number of rotatable bonds is 3. The first-order valence-electron chi connectivity index (χ1n) is 6.92. The molecule has 5 nitrogen and oxygen atoms in total. The predicted octanol–water partition coefficient (Wildman–Crippen LogP) is 3.99. The van der Waals surface area contributed by atoms with Gasteiger partial charge in [-0.3, -0.25) is 0 Å². The first-order valence-corrected chi connectivity index (χ1v) is 8.62. The van der Waals surface area contributed by atoms with Crippen molar-refractivity contribution in [3.8, 4) is 0 Å². The molecule has 0 aliphatic carbocycles. The standard InChI is InChI=1S/C14H16F3NO4S2/c1-12(2,3)21-11(20)18-8-13(10(19)22-18,24-14(15,16)17)7-9-5-4-6-23-9/h4-6H,7-8H2,1-3H3/t13-/m0/s1. The molecule has 1 aliphatic heterocycles. The van der Waals surface area contributed by atoms with Crippen molar-refractivity contribution in [3.05, 3.63) is 22.4 Å². The topological polar surface area (TPSA) is 55.8 Å². The molecule has 1 amide bonds. The summed E-state index contributed by atoms with van der Waals surface area (Å²) in [6.07, 6.45) is -1.18. The van der Waals surface area contributed by atoms with E-state index in [9.17, 15) is 22.8 Å². The van der Waals surface area contributed by atoms with Crippen LogP contribution in [0.25, 0.3) is 0 Å². The summed E-state index contributed by atoms with van der Waals surface area (Å²) in [4.78, 5) is 29.6. The summed E-state index contributed by atoms with van der Waals surface area (Å²) >= 11 is 0.773. The Balaban J connectivity index is 2.23.